The van der Waals surface area contributed by atoms with Crippen molar-refractivity contribution in [1.29, 1.82) is 5.26 Å². The first-order chi connectivity index (χ1) is 13.7. The molecule has 0 bridgehead atoms. The summed E-state index contributed by atoms with van der Waals surface area (Å²) in [6.45, 7) is 1.30. The highest BCUT2D eigenvalue weighted by atomic mass is 35.5. The van der Waals surface area contributed by atoms with Crippen LogP contribution in [-0.4, -0.2) is 39.9 Å². The second kappa shape index (κ2) is 9.91. The zero-order valence-electron chi connectivity index (χ0n) is 15.8. The van der Waals surface area contributed by atoms with Gasteiger partial charge in [-0.2, -0.15) is 10.4 Å². The molecule has 1 N–H and O–H groups in total. The van der Waals surface area contributed by atoms with E-state index in [2.05, 4.69) is 10.5 Å². The Hall–Kier alpha value is -3.09. The molecule has 0 radical (unpaired) electrons. The number of carbonyl (C=O) groups excluding carboxylic acids is 1. The smallest absolute Gasteiger partial charge is 0.260 e. The number of hydrogen-bond donors (Lipinski definition) is 1. The molecule has 0 aliphatic heterocycles. The van der Waals surface area contributed by atoms with E-state index in [9.17, 15) is 13.2 Å². The number of aryl methyl sites for hydroxylation is 1. The molecule has 0 saturated carbocycles. The average Bonchev–Trinajstić information content (AvgIpc) is 2.67. The molecule has 0 fully saturated rings. The van der Waals surface area contributed by atoms with Crippen molar-refractivity contribution in [2.24, 2.45) is 5.10 Å². The van der Waals surface area contributed by atoms with E-state index in [1.807, 2.05) is 6.07 Å². The molecule has 0 atom stereocenters. The Labute approximate surface area is 174 Å². The van der Waals surface area contributed by atoms with Crippen molar-refractivity contribution in [3.8, 4) is 11.8 Å². The topological polar surface area (TPSA) is 112 Å². The van der Waals surface area contributed by atoms with Crippen LogP contribution in [0, 0.1) is 18.3 Å². The van der Waals surface area contributed by atoms with Crippen LogP contribution in [0.3, 0.4) is 0 Å². The van der Waals surface area contributed by atoms with Gasteiger partial charge >= 0.3 is 0 Å². The maximum absolute atomic E-state index is 12.2. The quantitative estimate of drug-likeness (QED) is 0.506. The summed E-state index contributed by atoms with van der Waals surface area (Å²) in [5.41, 5.74) is 4.06. The van der Waals surface area contributed by atoms with Crippen LogP contribution in [0.5, 0.6) is 5.75 Å². The number of ether oxygens (including phenoxy) is 1. The molecule has 10 heteroatoms. The highest BCUT2D eigenvalue weighted by molar-refractivity contribution is 7.92. The van der Waals surface area contributed by atoms with E-state index < -0.39 is 22.5 Å². The average molecular weight is 435 g/mol. The maximum Gasteiger partial charge on any atom is 0.260 e. The molecule has 2 aromatic rings. The van der Waals surface area contributed by atoms with Gasteiger partial charge in [-0.1, -0.05) is 17.7 Å². The standard InChI is InChI=1S/C19H19ClN4O4S/c1-14-3-6-16(11-18(14)20)24(29(2,26)27)13-19(25)23-22-12-15-4-7-17(8-5-15)28-10-9-21/h3-8,11-12H,10,13H2,1-2H3,(H,23,25)/b22-12-. The first kappa shape index (κ1) is 22.2. The number of hydrazone groups is 1. The van der Waals surface area contributed by atoms with Crippen LogP contribution in [0.15, 0.2) is 47.6 Å². The fourth-order valence-corrected chi connectivity index (χ4v) is 3.27. The van der Waals surface area contributed by atoms with Crippen molar-refractivity contribution in [1.82, 2.24) is 5.43 Å². The summed E-state index contributed by atoms with van der Waals surface area (Å²) in [5, 5.41) is 12.7. The number of hydrogen-bond acceptors (Lipinski definition) is 6. The van der Waals surface area contributed by atoms with Gasteiger partial charge in [0.25, 0.3) is 5.91 Å². The highest BCUT2D eigenvalue weighted by Gasteiger charge is 2.21. The summed E-state index contributed by atoms with van der Waals surface area (Å²) in [7, 11) is -3.71. The Morgan fingerprint density at radius 1 is 1.31 bits per heavy atom. The van der Waals surface area contributed by atoms with E-state index in [4.69, 9.17) is 21.6 Å². The second-order valence-corrected chi connectivity index (χ2v) is 8.33. The van der Waals surface area contributed by atoms with Crippen LogP contribution in [0.2, 0.25) is 5.02 Å². The van der Waals surface area contributed by atoms with Gasteiger partial charge in [0, 0.05) is 5.02 Å². The van der Waals surface area contributed by atoms with Crippen LogP contribution in [0.4, 0.5) is 5.69 Å². The van der Waals surface area contributed by atoms with Crippen molar-refractivity contribution in [3.05, 3.63) is 58.6 Å². The number of amides is 1. The van der Waals surface area contributed by atoms with Crippen molar-refractivity contribution in [3.63, 3.8) is 0 Å². The molecule has 8 nitrogen and oxygen atoms in total. The van der Waals surface area contributed by atoms with Gasteiger partial charge in [0.05, 0.1) is 18.2 Å². The predicted octanol–water partition coefficient (Wildman–Crippen LogP) is 2.47. The van der Waals surface area contributed by atoms with Gasteiger partial charge in [0.15, 0.2) is 6.61 Å². The molecule has 0 heterocycles. The van der Waals surface area contributed by atoms with Crippen LogP contribution in [-0.2, 0) is 14.8 Å². The molecule has 152 valence electrons. The minimum absolute atomic E-state index is 0.0491. The molecular formula is C19H19ClN4O4S. The number of halogens is 1. The third kappa shape index (κ3) is 6.78. The molecule has 29 heavy (non-hydrogen) atoms. The molecule has 1 amide bonds. The van der Waals surface area contributed by atoms with Gasteiger partial charge in [-0.3, -0.25) is 9.10 Å². The van der Waals surface area contributed by atoms with E-state index in [0.717, 1.165) is 16.1 Å². The summed E-state index contributed by atoms with van der Waals surface area (Å²) in [5.74, 6) is -0.0781. The van der Waals surface area contributed by atoms with E-state index in [0.29, 0.717) is 16.3 Å². The van der Waals surface area contributed by atoms with E-state index >= 15 is 0 Å². The normalized spacial score (nSPS) is 11.1. The number of benzene rings is 2. The van der Waals surface area contributed by atoms with Crippen molar-refractivity contribution in [2.75, 3.05) is 23.7 Å². The van der Waals surface area contributed by atoms with Crippen LogP contribution >= 0.6 is 11.6 Å². The Balaban J connectivity index is 2.02. The molecule has 0 unspecified atom stereocenters. The Morgan fingerprint density at radius 3 is 2.59 bits per heavy atom. The Bertz CT molecular complexity index is 1050. The Morgan fingerprint density at radius 2 is 2.00 bits per heavy atom. The SMILES string of the molecule is Cc1ccc(N(CC(=O)N/N=C\c2ccc(OCC#N)cc2)S(C)(=O)=O)cc1Cl. The van der Waals surface area contributed by atoms with Crippen LogP contribution in [0.25, 0.3) is 0 Å². The summed E-state index contributed by atoms with van der Waals surface area (Å²) in [6.07, 6.45) is 2.41. The number of nitrogens with zero attached hydrogens (tertiary/aromatic N) is 3. The second-order valence-electron chi connectivity index (χ2n) is 6.01. The van der Waals surface area contributed by atoms with Gasteiger partial charge < -0.3 is 4.74 Å². The molecule has 0 aliphatic rings. The van der Waals surface area contributed by atoms with Gasteiger partial charge in [0.2, 0.25) is 10.0 Å². The highest BCUT2D eigenvalue weighted by Crippen LogP contribution is 2.24. The number of nitrogens with one attached hydrogen (secondary N) is 1. The zero-order chi connectivity index (χ0) is 21.4. The first-order valence-corrected chi connectivity index (χ1v) is 10.6. The fourth-order valence-electron chi connectivity index (χ4n) is 2.25. The molecule has 0 aliphatic carbocycles. The zero-order valence-corrected chi connectivity index (χ0v) is 17.4. The number of anilines is 1. The molecule has 2 aromatic carbocycles. The summed E-state index contributed by atoms with van der Waals surface area (Å²) >= 11 is 6.06. The van der Waals surface area contributed by atoms with Crippen molar-refractivity contribution in [2.45, 2.75) is 6.92 Å². The molecular weight excluding hydrogens is 416 g/mol. The summed E-state index contributed by atoms with van der Waals surface area (Å²) in [6, 6.07) is 13.3. The number of carbonyl (C=O) groups is 1. The van der Waals surface area contributed by atoms with Crippen LogP contribution in [0.1, 0.15) is 11.1 Å². The third-order valence-electron chi connectivity index (χ3n) is 3.72. The lowest BCUT2D eigenvalue weighted by molar-refractivity contribution is -0.119. The lowest BCUT2D eigenvalue weighted by Gasteiger charge is -2.21. The largest absolute Gasteiger partial charge is 0.479 e. The number of sulfonamides is 1. The molecule has 0 saturated heterocycles. The molecule has 0 aromatic heterocycles. The minimum Gasteiger partial charge on any atom is -0.479 e. The van der Waals surface area contributed by atoms with Crippen molar-refractivity contribution >= 4 is 39.4 Å². The third-order valence-corrected chi connectivity index (χ3v) is 5.27. The van der Waals surface area contributed by atoms with E-state index in [-0.39, 0.29) is 12.3 Å². The minimum atomic E-state index is -3.71. The fraction of sp³-hybridized carbons (Fsp3) is 0.211. The van der Waals surface area contributed by atoms with Crippen LogP contribution < -0.4 is 14.5 Å². The number of nitriles is 1. The lowest BCUT2D eigenvalue weighted by atomic mass is 10.2. The van der Waals surface area contributed by atoms with E-state index in [1.165, 1.54) is 12.3 Å². The summed E-state index contributed by atoms with van der Waals surface area (Å²) < 4.78 is 30.3. The maximum atomic E-state index is 12.2. The first-order valence-electron chi connectivity index (χ1n) is 8.36. The van der Waals surface area contributed by atoms with Gasteiger partial charge in [0.1, 0.15) is 18.4 Å². The van der Waals surface area contributed by atoms with Crippen molar-refractivity contribution < 1.29 is 17.9 Å². The molecule has 2 rings (SSSR count). The number of rotatable bonds is 8. The summed E-state index contributed by atoms with van der Waals surface area (Å²) in [4.78, 5) is 12.2. The van der Waals surface area contributed by atoms with Gasteiger partial charge in [-0.15, -0.1) is 0 Å². The van der Waals surface area contributed by atoms with Gasteiger partial charge in [-0.05, 0) is 54.4 Å². The predicted molar refractivity (Wildman–Crippen MR) is 112 cm³/mol. The Kier molecular flexibility index (Phi) is 7.59. The van der Waals surface area contributed by atoms with Gasteiger partial charge in [-0.25, -0.2) is 13.8 Å². The lowest BCUT2D eigenvalue weighted by Crippen LogP contribution is -2.39. The molecule has 0 spiro atoms. The van der Waals surface area contributed by atoms with E-state index in [1.54, 1.807) is 43.3 Å². The monoisotopic (exact) mass is 434 g/mol.